The fraction of sp³-hybridized carbons (Fsp3) is 0.409. The van der Waals surface area contributed by atoms with Crippen molar-refractivity contribution in [3.05, 3.63) is 47.5 Å². The molecule has 1 heterocycles. The highest BCUT2D eigenvalue weighted by Crippen LogP contribution is 2.39. The SMILES string of the molecule is COC(=O)c1ccc(OC)c(S(=O)(=O)Nc2cc(C(F)(F)F)ccc2N2CCCC[C@@H]2C)c1. The molecule has 11 heteroatoms. The fourth-order valence-electron chi connectivity index (χ4n) is 3.83. The summed E-state index contributed by atoms with van der Waals surface area (Å²) >= 11 is 0. The number of alkyl halides is 3. The highest BCUT2D eigenvalue weighted by atomic mass is 32.2. The Labute approximate surface area is 190 Å². The summed E-state index contributed by atoms with van der Waals surface area (Å²) in [5, 5.41) is 0. The van der Waals surface area contributed by atoms with Crippen LogP contribution >= 0.6 is 0 Å². The Morgan fingerprint density at radius 1 is 1.12 bits per heavy atom. The molecule has 1 aliphatic heterocycles. The molecule has 3 rings (SSSR count). The van der Waals surface area contributed by atoms with Gasteiger partial charge in [-0.25, -0.2) is 13.2 Å². The first kappa shape index (κ1) is 24.7. The Hall–Kier alpha value is -2.95. The number of piperidine rings is 1. The average Bonchev–Trinajstić information content (AvgIpc) is 2.77. The summed E-state index contributed by atoms with van der Waals surface area (Å²) in [6, 6.07) is 6.69. The third-order valence-corrected chi connectivity index (χ3v) is 6.94. The molecule has 0 aromatic heterocycles. The number of anilines is 2. The average molecular weight is 487 g/mol. The zero-order valence-corrected chi connectivity index (χ0v) is 19.2. The molecule has 1 fully saturated rings. The van der Waals surface area contributed by atoms with Crippen LogP contribution in [0.25, 0.3) is 0 Å². The fourth-order valence-corrected chi connectivity index (χ4v) is 5.09. The smallest absolute Gasteiger partial charge is 0.416 e. The molecule has 2 aromatic rings. The summed E-state index contributed by atoms with van der Waals surface area (Å²) in [6.07, 6.45) is -2.00. The minimum Gasteiger partial charge on any atom is -0.495 e. The summed E-state index contributed by atoms with van der Waals surface area (Å²) in [5.41, 5.74) is -0.887. The van der Waals surface area contributed by atoms with Crippen LogP contribution in [0.2, 0.25) is 0 Å². The van der Waals surface area contributed by atoms with Crippen molar-refractivity contribution in [3.8, 4) is 5.75 Å². The lowest BCUT2D eigenvalue weighted by Gasteiger charge is -2.36. The van der Waals surface area contributed by atoms with Crippen molar-refractivity contribution < 1.29 is 35.9 Å². The van der Waals surface area contributed by atoms with Crippen molar-refractivity contribution in [2.75, 3.05) is 30.4 Å². The first-order valence-corrected chi connectivity index (χ1v) is 11.7. The highest BCUT2D eigenvalue weighted by Gasteiger charge is 2.33. The Morgan fingerprint density at radius 2 is 1.85 bits per heavy atom. The number of halogens is 3. The van der Waals surface area contributed by atoms with Gasteiger partial charge in [-0.15, -0.1) is 0 Å². The number of hydrogen-bond acceptors (Lipinski definition) is 6. The number of nitrogens with one attached hydrogen (secondary N) is 1. The van der Waals surface area contributed by atoms with E-state index in [1.54, 1.807) is 0 Å². The van der Waals surface area contributed by atoms with E-state index in [0.29, 0.717) is 12.2 Å². The van der Waals surface area contributed by atoms with E-state index in [2.05, 4.69) is 9.46 Å². The zero-order chi connectivity index (χ0) is 24.4. The second-order valence-electron chi connectivity index (χ2n) is 7.73. The molecular formula is C22H25F3N2O5S. The second kappa shape index (κ2) is 9.50. The van der Waals surface area contributed by atoms with Crippen molar-refractivity contribution in [3.63, 3.8) is 0 Å². The molecular weight excluding hydrogens is 461 g/mol. The van der Waals surface area contributed by atoms with Gasteiger partial charge in [-0.2, -0.15) is 13.2 Å². The van der Waals surface area contributed by atoms with Crippen molar-refractivity contribution >= 4 is 27.4 Å². The predicted molar refractivity (Wildman–Crippen MR) is 117 cm³/mol. The minimum absolute atomic E-state index is 0.0240. The molecule has 0 spiro atoms. The largest absolute Gasteiger partial charge is 0.495 e. The van der Waals surface area contributed by atoms with Crippen LogP contribution in [-0.4, -0.2) is 41.2 Å². The van der Waals surface area contributed by atoms with E-state index in [9.17, 15) is 26.4 Å². The van der Waals surface area contributed by atoms with Crippen LogP contribution in [-0.2, 0) is 20.9 Å². The summed E-state index contributed by atoms with van der Waals surface area (Å²) < 4.78 is 78.8. The predicted octanol–water partition coefficient (Wildman–Crippen LogP) is 4.68. The van der Waals surface area contributed by atoms with Crippen LogP contribution < -0.4 is 14.4 Å². The van der Waals surface area contributed by atoms with Gasteiger partial charge in [0.25, 0.3) is 10.0 Å². The molecule has 180 valence electrons. The molecule has 0 aliphatic carbocycles. The molecule has 1 aliphatic rings. The summed E-state index contributed by atoms with van der Waals surface area (Å²) in [6.45, 7) is 2.53. The van der Waals surface area contributed by atoms with Crippen LogP contribution in [0.3, 0.4) is 0 Å². The van der Waals surface area contributed by atoms with E-state index >= 15 is 0 Å². The number of esters is 1. The molecule has 0 radical (unpaired) electrons. The van der Waals surface area contributed by atoms with Gasteiger partial charge < -0.3 is 14.4 Å². The highest BCUT2D eigenvalue weighted by molar-refractivity contribution is 7.92. The number of carbonyl (C=O) groups excluding carboxylic acids is 1. The third kappa shape index (κ3) is 5.35. The van der Waals surface area contributed by atoms with Crippen LogP contribution in [0.15, 0.2) is 41.3 Å². The van der Waals surface area contributed by atoms with Crippen molar-refractivity contribution in [1.29, 1.82) is 0 Å². The van der Waals surface area contributed by atoms with E-state index in [0.717, 1.165) is 44.6 Å². The molecule has 1 N–H and O–H groups in total. The van der Waals surface area contributed by atoms with Gasteiger partial charge >= 0.3 is 12.1 Å². The quantitative estimate of drug-likeness (QED) is 0.597. The van der Waals surface area contributed by atoms with Gasteiger partial charge in [-0.1, -0.05) is 0 Å². The van der Waals surface area contributed by atoms with Gasteiger partial charge in [-0.05, 0) is 62.6 Å². The number of rotatable bonds is 6. The summed E-state index contributed by atoms with van der Waals surface area (Å²) in [4.78, 5) is 13.4. The molecule has 1 atom stereocenters. The molecule has 0 bridgehead atoms. The lowest BCUT2D eigenvalue weighted by atomic mass is 10.0. The Kier molecular flexibility index (Phi) is 7.11. The van der Waals surface area contributed by atoms with Gasteiger partial charge in [0.2, 0.25) is 0 Å². The van der Waals surface area contributed by atoms with Crippen molar-refractivity contribution in [2.24, 2.45) is 0 Å². The molecule has 1 saturated heterocycles. The molecule has 0 amide bonds. The maximum Gasteiger partial charge on any atom is 0.416 e. The van der Waals surface area contributed by atoms with Gasteiger partial charge in [0.05, 0.1) is 36.7 Å². The normalized spacial score (nSPS) is 16.9. The number of carbonyl (C=O) groups is 1. The zero-order valence-electron chi connectivity index (χ0n) is 18.4. The monoisotopic (exact) mass is 486 g/mol. The van der Waals surface area contributed by atoms with Gasteiger partial charge in [0.15, 0.2) is 0 Å². The molecule has 0 unspecified atom stereocenters. The summed E-state index contributed by atoms with van der Waals surface area (Å²) in [5.74, 6) is -0.842. The van der Waals surface area contributed by atoms with Crippen LogP contribution in [0, 0.1) is 0 Å². The number of benzene rings is 2. The standard InChI is InChI=1S/C22H25F3N2O5S/c1-14-6-4-5-11-27(14)18-9-8-16(22(23,24)25)13-17(18)26-33(29,30)20-12-15(21(28)32-3)7-10-19(20)31-2/h7-10,12-14,26H,4-6,11H2,1-3H3/t14-/m0/s1. The number of nitrogens with zero attached hydrogens (tertiary/aromatic N) is 1. The van der Waals surface area contributed by atoms with Crippen molar-refractivity contribution in [1.82, 2.24) is 0 Å². The van der Waals surface area contributed by atoms with E-state index in [1.165, 1.54) is 25.3 Å². The third-order valence-electron chi connectivity index (χ3n) is 5.55. The Morgan fingerprint density at radius 3 is 2.45 bits per heavy atom. The lowest BCUT2D eigenvalue weighted by Crippen LogP contribution is -2.38. The van der Waals surface area contributed by atoms with Gasteiger partial charge in [0, 0.05) is 12.6 Å². The topological polar surface area (TPSA) is 84.9 Å². The van der Waals surface area contributed by atoms with E-state index < -0.39 is 32.6 Å². The molecule has 33 heavy (non-hydrogen) atoms. The minimum atomic E-state index is -4.66. The second-order valence-corrected chi connectivity index (χ2v) is 9.38. The molecule has 0 saturated carbocycles. The van der Waals surface area contributed by atoms with Crippen LogP contribution in [0.1, 0.15) is 42.1 Å². The van der Waals surface area contributed by atoms with Crippen LogP contribution in [0.5, 0.6) is 5.75 Å². The number of ether oxygens (including phenoxy) is 2. The van der Waals surface area contributed by atoms with E-state index in [1.807, 2.05) is 11.8 Å². The first-order chi connectivity index (χ1) is 15.5. The Balaban J connectivity index is 2.11. The van der Waals surface area contributed by atoms with Crippen molar-refractivity contribution in [2.45, 2.75) is 43.3 Å². The molecule has 7 nitrogen and oxygen atoms in total. The maximum atomic E-state index is 13.4. The van der Waals surface area contributed by atoms with Crippen LogP contribution in [0.4, 0.5) is 24.5 Å². The summed E-state index contributed by atoms with van der Waals surface area (Å²) in [7, 11) is -2.04. The lowest BCUT2D eigenvalue weighted by molar-refractivity contribution is -0.137. The number of methoxy groups -OCH3 is 2. The number of hydrogen-bond donors (Lipinski definition) is 1. The maximum absolute atomic E-state index is 13.4. The molecule has 2 aromatic carbocycles. The van der Waals surface area contributed by atoms with E-state index in [4.69, 9.17) is 4.74 Å². The Bertz CT molecular complexity index is 1140. The number of sulfonamides is 1. The van der Waals surface area contributed by atoms with Gasteiger partial charge in [-0.3, -0.25) is 4.72 Å². The first-order valence-electron chi connectivity index (χ1n) is 10.2. The van der Waals surface area contributed by atoms with E-state index in [-0.39, 0.29) is 23.0 Å². The van der Waals surface area contributed by atoms with Gasteiger partial charge in [0.1, 0.15) is 10.6 Å².